The number of hydrogen-bond acceptors (Lipinski definition) is 5. The van der Waals surface area contributed by atoms with Crippen LogP contribution in [0.3, 0.4) is 0 Å². The van der Waals surface area contributed by atoms with Gasteiger partial charge in [-0.2, -0.15) is 18.5 Å². The van der Waals surface area contributed by atoms with Crippen LogP contribution in [-0.2, 0) is 22.3 Å². The van der Waals surface area contributed by atoms with Gasteiger partial charge in [-0.1, -0.05) is 0 Å². The van der Waals surface area contributed by atoms with Crippen LogP contribution in [-0.4, -0.2) is 172 Å². The van der Waals surface area contributed by atoms with E-state index >= 15 is 0 Å². The molecule has 19 heavy (non-hydrogen) atoms. The Labute approximate surface area is 223 Å². The second-order valence-electron chi connectivity index (χ2n) is 1.61. The number of hydrogen-bond donors (Lipinski definition) is 5. The normalized spacial score (nSPS) is 9.95. The van der Waals surface area contributed by atoms with E-state index < -0.39 is 23.5 Å². The molecule has 0 saturated carbocycles. The van der Waals surface area contributed by atoms with Crippen molar-refractivity contribution in [3.63, 3.8) is 0 Å². The van der Waals surface area contributed by atoms with Crippen LogP contribution < -0.4 is 0 Å². The third-order valence-corrected chi connectivity index (χ3v) is 3.77. The fourth-order valence-corrected chi connectivity index (χ4v) is 2.82. The standard InChI is InChI=1S/5Na.H5O10P3.H3P.5H/c;;;;;1-11(2,3)9-13(7,8)10-12(4,5)6;;;;;;/h;;;;;(H,7,8)(H2,1,2,3)(H2,4,5,6);1H3;;;;;. The third-order valence-electron chi connectivity index (χ3n) is 0.419. The van der Waals surface area contributed by atoms with Gasteiger partial charge in [-0.3, -0.25) is 0 Å². The molecular weight excluding hydrogens is 399 g/mol. The first-order valence-electron chi connectivity index (χ1n) is 2.28. The van der Waals surface area contributed by atoms with Gasteiger partial charge in [0.15, 0.2) is 0 Å². The second-order valence-corrected chi connectivity index (χ2v) is 5.82. The Balaban J connectivity index is -0.0000000480. The van der Waals surface area contributed by atoms with Gasteiger partial charge in [0, 0.05) is 0 Å². The molecule has 0 aromatic rings. The van der Waals surface area contributed by atoms with E-state index in [2.05, 4.69) is 8.62 Å². The van der Waals surface area contributed by atoms with Crippen molar-refractivity contribution in [1.82, 2.24) is 0 Å². The molecule has 0 aliphatic rings. The molecule has 1 unspecified atom stereocenters. The minimum atomic E-state index is -5.46. The monoisotopic (exact) mass is 412 g/mol. The molecule has 0 aromatic heterocycles. The van der Waals surface area contributed by atoms with E-state index in [0.717, 1.165) is 0 Å². The molecule has 98 valence electrons. The molecular formula is H13Na5O10P4. The maximum atomic E-state index is 10.4. The number of phosphoric acid groups is 3. The molecule has 1 atom stereocenters. The SMILES string of the molecule is O=P(O)(O)OP(=O)(O)OP(=O)(O)O.P.[NaH].[NaH].[NaH].[NaH].[NaH]. The van der Waals surface area contributed by atoms with Crippen molar-refractivity contribution in [3.8, 4) is 0 Å². The second kappa shape index (κ2) is 18.6. The zero-order valence-corrected chi connectivity index (χ0v) is 10.4. The molecule has 0 heterocycles. The fourth-order valence-electron chi connectivity index (χ4n) is 0.284. The molecule has 0 bridgehead atoms. The summed E-state index contributed by atoms with van der Waals surface area (Å²) in [7, 11) is -16.2. The summed E-state index contributed by atoms with van der Waals surface area (Å²) in [5, 5.41) is 0. The van der Waals surface area contributed by atoms with Gasteiger partial charge in [-0.15, -0.1) is 0 Å². The van der Waals surface area contributed by atoms with E-state index in [1.54, 1.807) is 0 Å². The Hall–Kier alpha value is 5.84. The molecule has 10 nitrogen and oxygen atoms in total. The maximum absolute atomic E-state index is 10.4. The summed E-state index contributed by atoms with van der Waals surface area (Å²) in [4.78, 5) is 40.2. The summed E-state index contributed by atoms with van der Waals surface area (Å²) in [5.41, 5.74) is 0. The van der Waals surface area contributed by atoms with Crippen LogP contribution in [0.25, 0.3) is 0 Å². The van der Waals surface area contributed by atoms with Crippen molar-refractivity contribution in [2.45, 2.75) is 0 Å². The summed E-state index contributed by atoms with van der Waals surface area (Å²) >= 11 is 0. The van der Waals surface area contributed by atoms with Crippen LogP contribution >= 0.6 is 33.4 Å². The van der Waals surface area contributed by atoms with Gasteiger partial charge >= 0.3 is 171 Å². The predicted octanol–water partition coefficient (Wildman–Crippen LogP) is -3.88. The van der Waals surface area contributed by atoms with Crippen LogP contribution in [0.5, 0.6) is 0 Å². The minimum absolute atomic E-state index is 0. The van der Waals surface area contributed by atoms with Crippen LogP contribution in [0.15, 0.2) is 0 Å². The average molecular weight is 412 g/mol. The topological polar surface area (TPSA) is 171 Å². The zero-order valence-electron chi connectivity index (χ0n) is 6.33. The van der Waals surface area contributed by atoms with E-state index in [-0.39, 0.29) is 158 Å². The molecule has 0 saturated heterocycles. The van der Waals surface area contributed by atoms with Crippen molar-refractivity contribution >= 4 is 181 Å². The van der Waals surface area contributed by atoms with Crippen LogP contribution in [0.1, 0.15) is 0 Å². The van der Waals surface area contributed by atoms with Crippen molar-refractivity contribution in [2.75, 3.05) is 0 Å². The molecule has 0 rings (SSSR count). The Bertz CT molecular complexity index is 290. The molecule has 0 amide bonds. The fraction of sp³-hybridized carbons (Fsp3) is 0. The molecule has 0 aliphatic carbocycles. The molecule has 0 spiro atoms. The van der Waals surface area contributed by atoms with E-state index in [9.17, 15) is 13.7 Å². The zero-order chi connectivity index (χ0) is 10.9. The quantitative estimate of drug-likeness (QED) is 0.227. The van der Waals surface area contributed by atoms with Crippen molar-refractivity contribution in [3.05, 3.63) is 0 Å². The molecule has 5 N–H and O–H groups in total. The van der Waals surface area contributed by atoms with Crippen molar-refractivity contribution in [2.24, 2.45) is 0 Å². The third kappa shape index (κ3) is 35.7. The van der Waals surface area contributed by atoms with Gasteiger partial charge < -0.3 is 24.5 Å². The summed E-state index contributed by atoms with van der Waals surface area (Å²) in [6.07, 6.45) is 0. The van der Waals surface area contributed by atoms with Gasteiger partial charge in [0.2, 0.25) is 0 Å². The summed E-state index contributed by atoms with van der Waals surface area (Å²) < 4.78 is 36.4. The van der Waals surface area contributed by atoms with Crippen LogP contribution in [0, 0.1) is 0 Å². The van der Waals surface area contributed by atoms with Gasteiger partial charge in [-0.05, 0) is 0 Å². The van der Waals surface area contributed by atoms with Crippen LogP contribution in [0.4, 0.5) is 0 Å². The molecule has 0 radical (unpaired) electrons. The molecule has 0 fully saturated rings. The first-order valence-corrected chi connectivity index (χ1v) is 6.83. The van der Waals surface area contributed by atoms with Gasteiger partial charge in [0.25, 0.3) is 0 Å². The van der Waals surface area contributed by atoms with Crippen LogP contribution in [0.2, 0.25) is 0 Å². The number of rotatable bonds is 4. The van der Waals surface area contributed by atoms with E-state index in [1.165, 1.54) is 0 Å². The van der Waals surface area contributed by atoms with E-state index in [4.69, 9.17) is 24.5 Å². The molecule has 0 aliphatic heterocycles. The summed E-state index contributed by atoms with van der Waals surface area (Å²) in [6, 6.07) is 0. The summed E-state index contributed by atoms with van der Waals surface area (Å²) in [6.45, 7) is 0. The molecule has 19 heteroatoms. The first kappa shape index (κ1) is 44.4. The first-order chi connectivity index (χ1) is 5.41. The summed E-state index contributed by atoms with van der Waals surface area (Å²) in [5.74, 6) is 0. The Kier molecular flexibility index (Phi) is 43.5. The predicted molar refractivity (Wildman–Crippen MR) is 82.9 cm³/mol. The van der Waals surface area contributed by atoms with Gasteiger partial charge in [0.05, 0.1) is 0 Å². The average Bonchev–Trinajstić information content (AvgIpc) is 1.43. The Morgan fingerprint density at radius 1 is 0.579 bits per heavy atom. The Morgan fingerprint density at radius 2 is 0.737 bits per heavy atom. The van der Waals surface area contributed by atoms with Gasteiger partial charge in [0.1, 0.15) is 0 Å². The van der Waals surface area contributed by atoms with E-state index in [1.807, 2.05) is 0 Å². The van der Waals surface area contributed by atoms with Gasteiger partial charge in [-0.25, -0.2) is 13.7 Å². The molecule has 0 aromatic carbocycles. The van der Waals surface area contributed by atoms with Crippen molar-refractivity contribution in [1.29, 1.82) is 0 Å². The Morgan fingerprint density at radius 3 is 0.842 bits per heavy atom. The van der Waals surface area contributed by atoms with Crippen molar-refractivity contribution < 1.29 is 46.8 Å². The van der Waals surface area contributed by atoms with E-state index in [0.29, 0.717) is 0 Å².